The number of fused-ring (bicyclic) bond motifs is 1. The Balaban J connectivity index is 1.83. The number of halogens is 1. The van der Waals surface area contributed by atoms with E-state index >= 15 is 0 Å². The number of hydrogen-bond donors (Lipinski definition) is 0. The topological polar surface area (TPSA) is 62.6 Å². The molecule has 0 N–H and O–H groups in total. The van der Waals surface area contributed by atoms with E-state index in [9.17, 15) is 17.6 Å². The maximum absolute atomic E-state index is 15.0. The molecule has 1 aliphatic rings. The van der Waals surface area contributed by atoms with Gasteiger partial charge in [-0.2, -0.15) is 0 Å². The summed E-state index contributed by atoms with van der Waals surface area (Å²) in [5, 5.41) is 0.0594. The lowest BCUT2D eigenvalue weighted by Gasteiger charge is -2.34. The lowest BCUT2D eigenvalue weighted by Crippen LogP contribution is -2.44. The molecule has 0 amide bonds. The van der Waals surface area contributed by atoms with E-state index in [2.05, 4.69) is 4.90 Å². The number of aryl methyl sites for hydroxylation is 2. The minimum absolute atomic E-state index is 0.0516. The number of rotatable bonds is 4. The van der Waals surface area contributed by atoms with Crippen LogP contribution in [0.1, 0.15) is 12.5 Å². The third kappa shape index (κ3) is 3.85. The number of benzene rings is 2. The molecule has 2 heterocycles. The van der Waals surface area contributed by atoms with E-state index in [0.717, 1.165) is 25.1 Å². The molecule has 164 valence electrons. The summed E-state index contributed by atoms with van der Waals surface area (Å²) in [4.78, 5) is 17.0. The lowest BCUT2D eigenvalue weighted by atomic mass is 10.1. The molecule has 0 aliphatic carbocycles. The van der Waals surface area contributed by atoms with Gasteiger partial charge in [-0.3, -0.25) is 4.79 Å². The quantitative estimate of drug-likeness (QED) is 0.621. The van der Waals surface area contributed by atoms with Gasteiger partial charge < -0.3 is 14.4 Å². The predicted molar refractivity (Wildman–Crippen MR) is 120 cm³/mol. The molecule has 0 unspecified atom stereocenters. The van der Waals surface area contributed by atoms with E-state index in [1.165, 1.54) is 24.4 Å². The van der Waals surface area contributed by atoms with Crippen molar-refractivity contribution in [3.63, 3.8) is 0 Å². The van der Waals surface area contributed by atoms with Crippen LogP contribution in [0.15, 0.2) is 57.2 Å². The average molecular weight is 444 g/mol. The first-order valence-electron chi connectivity index (χ1n) is 10.3. The summed E-state index contributed by atoms with van der Waals surface area (Å²) in [6, 6.07) is 9.30. The van der Waals surface area contributed by atoms with Crippen molar-refractivity contribution in [3.8, 4) is 0 Å². The highest BCUT2D eigenvalue weighted by Crippen LogP contribution is 2.27. The zero-order valence-electron chi connectivity index (χ0n) is 17.9. The fourth-order valence-corrected chi connectivity index (χ4v) is 5.37. The maximum atomic E-state index is 15.0. The lowest BCUT2D eigenvalue weighted by molar-refractivity contribution is 0.312. The fourth-order valence-electron chi connectivity index (χ4n) is 3.97. The Labute approximate surface area is 181 Å². The van der Waals surface area contributed by atoms with Crippen LogP contribution in [-0.4, -0.2) is 51.1 Å². The highest BCUT2D eigenvalue weighted by molar-refractivity contribution is 7.91. The highest BCUT2D eigenvalue weighted by Gasteiger charge is 2.25. The van der Waals surface area contributed by atoms with Crippen molar-refractivity contribution in [3.05, 3.63) is 64.2 Å². The van der Waals surface area contributed by atoms with Crippen LogP contribution < -0.4 is 10.3 Å². The Bertz CT molecular complexity index is 1290. The molecule has 0 atom stereocenters. The molecule has 1 saturated heterocycles. The largest absolute Gasteiger partial charge is 0.367 e. The number of piperazine rings is 1. The van der Waals surface area contributed by atoms with Crippen LogP contribution in [0.4, 0.5) is 10.1 Å². The monoisotopic (exact) mass is 443 g/mol. The third-order valence-electron chi connectivity index (χ3n) is 6.00. The molecule has 4 rings (SSSR count). The molecule has 1 fully saturated rings. The van der Waals surface area contributed by atoms with Crippen LogP contribution >= 0.6 is 0 Å². The molecule has 0 bridgehead atoms. The van der Waals surface area contributed by atoms with Gasteiger partial charge in [0.25, 0.3) is 0 Å². The van der Waals surface area contributed by atoms with Crippen molar-refractivity contribution < 1.29 is 12.8 Å². The number of hydrogen-bond acceptors (Lipinski definition) is 5. The Morgan fingerprint density at radius 2 is 1.65 bits per heavy atom. The molecular formula is C23H26FN3O3S. The number of anilines is 1. The Hall–Kier alpha value is -2.71. The number of pyridine rings is 1. The second-order valence-electron chi connectivity index (χ2n) is 8.05. The zero-order valence-corrected chi connectivity index (χ0v) is 18.7. The molecule has 0 spiro atoms. The SMILES string of the molecule is CCc1ccc(S(=O)(=O)c2cn(C)c3cc(N4CCN(C)CC4)c(F)cc3c2=O)cc1. The van der Waals surface area contributed by atoms with Crippen LogP contribution in [-0.2, 0) is 23.3 Å². The summed E-state index contributed by atoms with van der Waals surface area (Å²) in [7, 11) is -0.333. The summed E-state index contributed by atoms with van der Waals surface area (Å²) < 4.78 is 42.9. The molecule has 2 aromatic carbocycles. The molecule has 3 aromatic rings. The van der Waals surface area contributed by atoms with Crippen LogP contribution in [0, 0.1) is 5.82 Å². The van der Waals surface area contributed by atoms with Gasteiger partial charge in [0.15, 0.2) is 0 Å². The standard InChI is InChI=1S/C23H26FN3O3S/c1-4-16-5-7-17(8-6-16)31(29,30)22-15-26(3)20-14-21(19(24)13-18(20)23(22)28)27-11-9-25(2)10-12-27/h5-8,13-15H,4,9-12H2,1-3H3. The molecule has 1 aliphatic heterocycles. The third-order valence-corrected chi connectivity index (χ3v) is 7.76. The Kier molecular flexibility index (Phi) is 5.61. The van der Waals surface area contributed by atoms with Crippen molar-refractivity contribution in [1.82, 2.24) is 9.47 Å². The number of sulfone groups is 1. The van der Waals surface area contributed by atoms with Crippen LogP contribution in [0.2, 0.25) is 0 Å². The summed E-state index contributed by atoms with van der Waals surface area (Å²) in [5.41, 5.74) is 1.25. The summed E-state index contributed by atoms with van der Waals surface area (Å²) in [5.74, 6) is -0.518. The van der Waals surface area contributed by atoms with Crippen LogP contribution in [0.5, 0.6) is 0 Å². The molecule has 6 nitrogen and oxygen atoms in total. The molecule has 8 heteroatoms. The fraction of sp³-hybridized carbons (Fsp3) is 0.348. The van der Waals surface area contributed by atoms with Crippen molar-refractivity contribution >= 4 is 26.4 Å². The molecule has 0 saturated carbocycles. The van der Waals surface area contributed by atoms with Gasteiger partial charge in [0, 0.05) is 39.4 Å². The van der Waals surface area contributed by atoms with E-state index in [1.807, 2.05) is 18.9 Å². The first-order chi connectivity index (χ1) is 14.7. The van der Waals surface area contributed by atoms with Gasteiger partial charge in [-0.15, -0.1) is 0 Å². The summed E-state index contributed by atoms with van der Waals surface area (Å²) >= 11 is 0. The number of nitrogens with zero attached hydrogens (tertiary/aromatic N) is 3. The van der Waals surface area contributed by atoms with E-state index in [-0.39, 0.29) is 15.2 Å². The van der Waals surface area contributed by atoms with Gasteiger partial charge in [0.1, 0.15) is 10.7 Å². The van der Waals surface area contributed by atoms with Crippen molar-refractivity contribution in [2.24, 2.45) is 7.05 Å². The molecule has 1 aromatic heterocycles. The van der Waals surface area contributed by atoms with Crippen LogP contribution in [0.3, 0.4) is 0 Å². The maximum Gasteiger partial charge on any atom is 0.211 e. The highest BCUT2D eigenvalue weighted by atomic mass is 32.2. The van der Waals surface area contributed by atoms with Gasteiger partial charge in [0.05, 0.1) is 21.5 Å². The second kappa shape index (κ2) is 8.09. The first-order valence-corrected chi connectivity index (χ1v) is 11.8. The second-order valence-corrected chi connectivity index (χ2v) is 9.96. The molecule has 0 radical (unpaired) electrons. The van der Waals surface area contributed by atoms with Gasteiger partial charge in [0.2, 0.25) is 15.3 Å². The van der Waals surface area contributed by atoms with Gasteiger partial charge >= 0.3 is 0 Å². The Morgan fingerprint density at radius 1 is 1.00 bits per heavy atom. The van der Waals surface area contributed by atoms with Crippen molar-refractivity contribution in [2.45, 2.75) is 23.1 Å². The first kappa shape index (κ1) is 21.5. The zero-order chi connectivity index (χ0) is 22.3. The normalized spacial score (nSPS) is 15.5. The van der Waals surface area contributed by atoms with E-state index < -0.39 is 21.1 Å². The molecular weight excluding hydrogens is 417 g/mol. The minimum Gasteiger partial charge on any atom is -0.367 e. The van der Waals surface area contributed by atoms with E-state index in [4.69, 9.17) is 0 Å². The number of aromatic nitrogens is 1. The van der Waals surface area contributed by atoms with Crippen LogP contribution in [0.25, 0.3) is 10.9 Å². The smallest absolute Gasteiger partial charge is 0.211 e. The van der Waals surface area contributed by atoms with Crippen molar-refractivity contribution in [2.75, 3.05) is 38.1 Å². The number of likely N-dealkylation sites (N-methyl/N-ethyl adjacent to an activating group) is 1. The van der Waals surface area contributed by atoms with Gasteiger partial charge in [-0.25, -0.2) is 12.8 Å². The van der Waals surface area contributed by atoms with E-state index in [0.29, 0.717) is 24.3 Å². The Morgan fingerprint density at radius 3 is 2.26 bits per heavy atom. The average Bonchev–Trinajstić information content (AvgIpc) is 2.76. The summed E-state index contributed by atoms with van der Waals surface area (Å²) in [6.45, 7) is 5.00. The van der Waals surface area contributed by atoms with Crippen molar-refractivity contribution in [1.29, 1.82) is 0 Å². The molecule has 31 heavy (non-hydrogen) atoms. The predicted octanol–water partition coefficient (Wildman–Crippen LogP) is 2.82. The summed E-state index contributed by atoms with van der Waals surface area (Å²) in [6.07, 6.45) is 2.12. The van der Waals surface area contributed by atoms with Gasteiger partial charge in [-0.1, -0.05) is 19.1 Å². The minimum atomic E-state index is -4.03. The van der Waals surface area contributed by atoms with E-state index in [1.54, 1.807) is 29.8 Å². The van der Waals surface area contributed by atoms with Gasteiger partial charge in [-0.05, 0) is 43.3 Å².